The lowest BCUT2D eigenvalue weighted by Gasteiger charge is -1.90. The van der Waals surface area contributed by atoms with Crippen LogP contribution in [-0.2, 0) is 4.79 Å². The molecule has 11 heavy (non-hydrogen) atoms. The van der Waals surface area contributed by atoms with E-state index in [2.05, 4.69) is 0 Å². The predicted molar refractivity (Wildman–Crippen MR) is 37.5 cm³/mol. The number of hydrogen-bond acceptors (Lipinski definition) is 3. The van der Waals surface area contributed by atoms with Crippen molar-refractivity contribution in [1.82, 2.24) is 0 Å². The van der Waals surface area contributed by atoms with Crippen LogP contribution < -0.4 is 5.11 Å². The van der Waals surface area contributed by atoms with E-state index in [4.69, 9.17) is 4.42 Å². The lowest BCUT2D eigenvalue weighted by molar-refractivity contribution is -0.297. The molecule has 1 heterocycles. The summed E-state index contributed by atoms with van der Waals surface area (Å²) in [6.45, 7) is 1.76. The third-order valence-electron chi connectivity index (χ3n) is 1.30. The second kappa shape index (κ2) is 3.05. The van der Waals surface area contributed by atoms with Crippen LogP contribution in [0, 0.1) is 6.92 Å². The van der Waals surface area contributed by atoms with Gasteiger partial charge in [-0.1, -0.05) is 0 Å². The second-order valence-corrected chi connectivity index (χ2v) is 2.08. The Bertz CT molecular complexity index is 283. The molecule has 0 aliphatic heterocycles. The van der Waals surface area contributed by atoms with Crippen molar-refractivity contribution < 1.29 is 14.3 Å². The summed E-state index contributed by atoms with van der Waals surface area (Å²) in [5.41, 5.74) is 0.759. The third kappa shape index (κ3) is 1.97. The molecule has 3 nitrogen and oxygen atoms in total. The summed E-state index contributed by atoms with van der Waals surface area (Å²) >= 11 is 0. The van der Waals surface area contributed by atoms with E-state index in [1.165, 1.54) is 12.3 Å². The number of hydrogen-bond donors (Lipinski definition) is 0. The zero-order valence-electron chi connectivity index (χ0n) is 6.03. The smallest absolute Gasteiger partial charge is 0.107 e. The summed E-state index contributed by atoms with van der Waals surface area (Å²) in [5, 5.41) is 9.98. The maximum absolute atomic E-state index is 9.98. The van der Waals surface area contributed by atoms with Gasteiger partial charge in [0.05, 0.1) is 12.2 Å². The molecule has 0 spiro atoms. The van der Waals surface area contributed by atoms with Gasteiger partial charge in [-0.25, -0.2) is 0 Å². The summed E-state index contributed by atoms with van der Waals surface area (Å²) in [6.07, 6.45) is 3.91. The van der Waals surface area contributed by atoms with Gasteiger partial charge in [0.2, 0.25) is 0 Å². The van der Waals surface area contributed by atoms with Crippen molar-refractivity contribution >= 4 is 12.0 Å². The normalized spacial score (nSPS) is 10.6. The molecule has 0 bridgehead atoms. The van der Waals surface area contributed by atoms with Gasteiger partial charge >= 0.3 is 0 Å². The molecule has 1 aromatic rings. The molecule has 0 fully saturated rings. The molecule has 58 valence electrons. The molecular formula is C8H7O3-. The molecule has 0 saturated carbocycles. The number of carbonyl (C=O) groups excluding carboxylic acids is 1. The van der Waals surface area contributed by atoms with E-state index in [-0.39, 0.29) is 0 Å². The highest BCUT2D eigenvalue weighted by Crippen LogP contribution is 2.09. The minimum atomic E-state index is -1.20. The first-order valence-corrected chi connectivity index (χ1v) is 3.13. The molecule has 1 rings (SSSR count). The molecule has 0 atom stereocenters. The van der Waals surface area contributed by atoms with Crippen LogP contribution in [0.3, 0.4) is 0 Å². The lowest BCUT2D eigenvalue weighted by Crippen LogP contribution is -2.18. The van der Waals surface area contributed by atoms with Crippen molar-refractivity contribution in [2.75, 3.05) is 0 Å². The maximum atomic E-state index is 9.98. The summed E-state index contributed by atoms with van der Waals surface area (Å²) in [7, 11) is 0. The SMILES string of the molecule is Cc1occc1/C=C/C(=O)[O-]. The van der Waals surface area contributed by atoms with E-state index >= 15 is 0 Å². The Hall–Kier alpha value is -1.51. The van der Waals surface area contributed by atoms with Gasteiger partial charge in [0.25, 0.3) is 0 Å². The van der Waals surface area contributed by atoms with Crippen LogP contribution in [0.1, 0.15) is 11.3 Å². The number of carboxylic acids is 1. The summed E-state index contributed by atoms with van der Waals surface area (Å²) in [5.74, 6) is -0.506. The van der Waals surface area contributed by atoms with Gasteiger partial charge in [-0.2, -0.15) is 0 Å². The van der Waals surface area contributed by atoms with Crippen LogP contribution in [0.2, 0.25) is 0 Å². The number of carboxylic acid groups (broad SMARTS) is 1. The number of carbonyl (C=O) groups is 1. The Morgan fingerprint density at radius 2 is 2.45 bits per heavy atom. The van der Waals surface area contributed by atoms with E-state index in [9.17, 15) is 9.90 Å². The fraction of sp³-hybridized carbons (Fsp3) is 0.125. The standard InChI is InChI=1S/C8H8O3/c1-6-7(4-5-11-6)2-3-8(9)10/h2-5H,1H3,(H,9,10)/p-1/b3-2+. The minimum absolute atomic E-state index is 0.697. The number of furan rings is 1. The van der Waals surface area contributed by atoms with Crippen molar-refractivity contribution in [2.24, 2.45) is 0 Å². The molecule has 0 aliphatic carbocycles. The zero-order chi connectivity index (χ0) is 8.27. The Labute approximate surface area is 64.0 Å². The Morgan fingerprint density at radius 3 is 2.91 bits per heavy atom. The fourth-order valence-electron chi connectivity index (χ4n) is 0.726. The van der Waals surface area contributed by atoms with Crippen molar-refractivity contribution in [3.63, 3.8) is 0 Å². The Balaban J connectivity index is 2.79. The van der Waals surface area contributed by atoms with E-state index in [1.807, 2.05) is 0 Å². The van der Waals surface area contributed by atoms with E-state index in [0.29, 0.717) is 5.76 Å². The molecular weight excluding hydrogens is 144 g/mol. The topological polar surface area (TPSA) is 53.3 Å². The molecule has 0 saturated heterocycles. The first kappa shape index (κ1) is 7.60. The van der Waals surface area contributed by atoms with Crippen molar-refractivity contribution in [3.8, 4) is 0 Å². The zero-order valence-corrected chi connectivity index (χ0v) is 6.03. The second-order valence-electron chi connectivity index (χ2n) is 2.08. The summed E-state index contributed by atoms with van der Waals surface area (Å²) < 4.78 is 4.93. The number of aliphatic carboxylic acids is 1. The van der Waals surface area contributed by atoms with Gasteiger partial charge in [0, 0.05) is 5.56 Å². The van der Waals surface area contributed by atoms with Gasteiger partial charge in [-0.3, -0.25) is 0 Å². The number of rotatable bonds is 2. The van der Waals surface area contributed by atoms with E-state index < -0.39 is 5.97 Å². The van der Waals surface area contributed by atoms with Crippen LogP contribution in [-0.4, -0.2) is 5.97 Å². The van der Waals surface area contributed by atoms with E-state index in [1.54, 1.807) is 13.0 Å². The number of aryl methyl sites for hydroxylation is 1. The van der Waals surface area contributed by atoms with Gasteiger partial charge in [0.15, 0.2) is 0 Å². The molecule has 0 radical (unpaired) electrons. The maximum Gasteiger partial charge on any atom is 0.107 e. The first-order chi connectivity index (χ1) is 5.20. The average Bonchev–Trinajstić information content (AvgIpc) is 2.31. The quantitative estimate of drug-likeness (QED) is 0.573. The van der Waals surface area contributed by atoms with Gasteiger partial charge in [-0.05, 0) is 25.1 Å². The van der Waals surface area contributed by atoms with Crippen molar-refractivity contribution in [1.29, 1.82) is 0 Å². The third-order valence-corrected chi connectivity index (χ3v) is 1.30. The van der Waals surface area contributed by atoms with Crippen LogP contribution in [0.5, 0.6) is 0 Å². The largest absolute Gasteiger partial charge is 0.545 e. The molecule has 3 heteroatoms. The lowest BCUT2D eigenvalue weighted by atomic mass is 10.2. The van der Waals surface area contributed by atoms with Crippen molar-refractivity contribution in [3.05, 3.63) is 29.7 Å². The highest BCUT2D eigenvalue weighted by Gasteiger charge is 1.93. The highest BCUT2D eigenvalue weighted by atomic mass is 16.4. The fourth-order valence-corrected chi connectivity index (χ4v) is 0.726. The van der Waals surface area contributed by atoms with Crippen LogP contribution >= 0.6 is 0 Å². The molecule has 0 aliphatic rings. The molecule has 1 aromatic heterocycles. The Kier molecular flexibility index (Phi) is 2.11. The van der Waals surface area contributed by atoms with Crippen LogP contribution in [0.25, 0.3) is 6.08 Å². The first-order valence-electron chi connectivity index (χ1n) is 3.13. The van der Waals surface area contributed by atoms with Gasteiger partial charge < -0.3 is 14.3 Å². The van der Waals surface area contributed by atoms with Gasteiger partial charge in [0.1, 0.15) is 5.76 Å². The average molecular weight is 151 g/mol. The van der Waals surface area contributed by atoms with Crippen LogP contribution in [0.4, 0.5) is 0 Å². The summed E-state index contributed by atoms with van der Waals surface area (Å²) in [4.78, 5) is 9.98. The molecule has 0 N–H and O–H groups in total. The monoisotopic (exact) mass is 151 g/mol. The Morgan fingerprint density at radius 1 is 1.73 bits per heavy atom. The minimum Gasteiger partial charge on any atom is -0.545 e. The predicted octanol–water partition coefficient (Wildman–Crippen LogP) is 0.351. The molecule has 0 amide bonds. The molecule has 0 unspecified atom stereocenters. The van der Waals surface area contributed by atoms with Crippen LogP contribution in [0.15, 0.2) is 22.8 Å². The molecule has 0 aromatic carbocycles. The van der Waals surface area contributed by atoms with Gasteiger partial charge in [-0.15, -0.1) is 0 Å². The van der Waals surface area contributed by atoms with Crippen molar-refractivity contribution in [2.45, 2.75) is 6.92 Å². The van der Waals surface area contributed by atoms with E-state index in [0.717, 1.165) is 11.6 Å². The highest BCUT2D eigenvalue weighted by molar-refractivity contribution is 5.83. The summed E-state index contributed by atoms with van der Waals surface area (Å²) in [6, 6.07) is 1.69.